The molecule has 0 aliphatic rings. The number of esters is 1. The van der Waals surface area contributed by atoms with E-state index in [4.69, 9.17) is 26.2 Å². The van der Waals surface area contributed by atoms with E-state index in [1.807, 2.05) is 0 Å². The molecule has 2 atom stereocenters. The second-order valence-corrected chi connectivity index (χ2v) is 7.27. The predicted molar refractivity (Wildman–Crippen MR) is 104 cm³/mol. The molecule has 0 saturated heterocycles. The van der Waals surface area contributed by atoms with Crippen LogP contribution in [0.3, 0.4) is 0 Å². The van der Waals surface area contributed by atoms with Gasteiger partial charge in [-0.1, -0.05) is 51.4 Å². The highest BCUT2D eigenvalue weighted by molar-refractivity contribution is 6.30. The van der Waals surface area contributed by atoms with Gasteiger partial charge < -0.3 is 25.4 Å². The number of benzene rings is 1. The summed E-state index contributed by atoms with van der Waals surface area (Å²) in [5, 5.41) is 12.2. The summed E-state index contributed by atoms with van der Waals surface area (Å²) >= 11 is 5.85. The van der Waals surface area contributed by atoms with E-state index < -0.39 is 30.2 Å². The van der Waals surface area contributed by atoms with Crippen molar-refractivity contribution in [3.63, 3.8) is 0 Å². The molecule has 1 aromatic rings. The number of hydrogen-bond acceptors (Lipinski definition) is 5. The Labute approximate surface area is 169 Å². The first-order valence-electron chi connectivity index (χ1n) is 8.72. The van der Waals surface area contributed by atoms with E-state index in [9.17, 15) is 14.4 Å². The molecule has 0 aliphatic heterocycles. The highest BCUT2D eigenvalue weighted by Gasteiger charge is 2.25. The van der Waals surface area contributed by atoms with E-state index in [2.05, 4.69) is 5.32 Å². The second kappa shape index (κ2) is 12.2. The van der Waals surface area contributed by atoms with E-state index in [1.54, 1.807) is 52.0 Å². The van der Waals surface area contributed by atoms with Crippen LogP contribution in [0, 0.1) is 11.8 Å². The number of amides is 1. The maximum Gasteiger partial charge on any atom is 0.410 e. The Balaban J connectivity index is 0.00000729. The third-order valence-electron chi connectivity index (χ3n) is 3.73. The number of ether oxygens (including phenoxy) is 2. The zero-order valence-corrected chi connectivity index (χ0v) is 17.2. The molecule has 0 fully saturated rings. The van der Waals surface area contributed by atoms with Crippen molar-refractivity contribution in [1.29, 1.82) is 0 Å². The highest BCUT2D eigenvalue weighted by atomic mass is 35.5. The van der Waals surface area contributed by atoms with Gasteiger partial charge in [-0.15, -0.1) is 0 Å². The smallest absolute Gasteiger partial charge is 0.410 e. The summed E-state index contributed by atoms with van der Waals surface area (Å²) in [4.78, 5) is 34.9. The van der Waals surface area contributed by atoms with Gasteiger partial charge in [0.25, 0.3) is 6.29 Å². The molecular formula is C19H28ClNO7. The second-order valence-electron chi connectivity index (χ2n) is 6.84. The van der Waals surface area contributed by atoms with Gasteiger partial charge in [0.1, 0.15) is 0 Å². The molecule has 1 amide bonds. The quantitative estimate of drug-likeness (QED) is 0.468. The van der Waals surface area contributed by atoms with Crippen molar-refractivity contribution < 1.29 is 34.4 Å². The van der Waals surface area contributed by atoms with Gasteiger partial charge in [0.15, 0.2) is 0 Å². The standard InChI is InChI=1S/C19H26ClNO6.H2O/c1-11(2)17(24)26-18(12(3)4)27-19(25)21-10-14(9-16(22)23)13-5-7-15(20)8-6-13;/h5-8,11-12,14,18H,9-10H2,1-4H3,(H,21,25)(H,22,23);1H2. The minimum atomic E-state index is -1.02. The molecule has 0 bridgehead atoms. The molecule has 0 saturated carbocycles. The normalized spacial score (nSPS) is 12.7. The van der Waals surface area contributed by atoms with Crippen molar-refractivity contribution in [2.45, 2.75) is 46.3 Å². The number of halogens is 1. The fraction of sp³-hybridized carbons (Fsp3) is 0.526. The van der Waals surface area contributed by atoms with E-state index >= 15 is 0 Å². The van der Waals surface area contributed by atoms with Crippen LogP contribution in [0.1, 0.15) is 45.6 Å². The van der Waals surface area contributed by atoms with Crippen LogP contribution in [0.4, 0.5) is 4.79 Å². The van der Waals surface area contributed by atoms with Gasteiger partial charge in [-0.3, -0.25) is 9.59 Å². The fourth-order valence-electron chi connectivity index (χ4n) is 2.15. The Hall–Kier alpha value is -2.32. The van der Waals surface area contributed by atoms with Crippen molar-refractivity contribution >= 4 is 29.6 Å². The molecular weight excluding hydrogens is 390 g/mol. The number of rotatable bonds is 9. The first kappa shape index (κ1) is 25.7. The molecule has 4 N–H and O–H groups in total. The molecule has 28 heavy (non-hydrogen) atoms. The van der Waals surface area contributed by atoms with Crippen molar-refractivity contribution in [3.8, 4) is 0 Å². The molecule has 158 valence electrons. The Morgan fingerprint density at radius 1 is 1.07 bits per heavy atom. The minimum Gasteiger partial charge on any atom is -0.481 e. The summed E-state index contributed by atoms with van der Waals surface area (Å²) in [6.07, 6.45) is -1.97. The number of carbonyl (C=O) groups excluding carboxylic acids is 2. The molecule has 2 unspecified atom stereocenters. The van der Waals surface area contributed by atoms with E-state index in [-0.39, 0.29) is 30.3 Å². The number of aliphatic carboxylic acids is 1. The first-order valence-corrected chi connectivity index (χ1v) is 9.10. The summed E-state index contributed by atoms with van der Waals surface area (Å²) in [5.74, 6) is -2.49. The number of hydrogen-bond donors (Lipinski definition) is 2. The van der Waals surface area contributed by atoms with Gasteiger partial charge in [-0.05, 0) is 17.7 Å². The van der Waals surface area contributed by atoms with Gasteiger partial charge in [-0.2, -0.15) is 0 Å². The van der Waals surface area contributed by atoms with Crippen LogP contribution >= 0.6 is 11.6 Å². The Morgan fingerprint density at radius 3 is 2.11 bits per heavy atom. The average Bonchev–Trinajstić information content (AvgIpc) is 2.58. The predicted octanol–water partition coefficient (Wildman–Crippen LogP) is 2.98. The molecule has 0 spiro atoms. The largest absolute Gasteiger partial charge is 0.481 e. The lowest BCUT2D eigenvalue weighted by Crippen LogP contribution is -2.37. The Kier molecular flexibility index (Phi) is 11.2. The highest BCUT2D eigenvalue weighted by Crippen LogP contribution is 2.21. The molecule has 0 heterocycles. The van der Waals surface area contributed by atoms with Gasteiger partial charge in [-0.25, -0.2) is 4.79 Å². The van der Waals surface area contributed by atoms with Gasteiger partial charge in [0.05, 0.1) is 12.3 Å². The zero-order valence-electron chi connectivity index (χ0n) is 16.4. The van der Waals surface area contributed by atoms with Crippen molar-refractivity contribution in [3.05, 3.63) is 34.9 Å². The van der Waals surface area contributed by atoms with Gasteiger partial charge >= 0.3 is 18.0 Å². The SMILES string of the molecule is CC(C)C(=O)OC(OC(=O)NCC(CC(=O)O)c1ccc(Cl)cc1)C(C)C.O. The van der Waals surface area contributed by atoms with Crippen molar-refractivity contribution in [1.82, 2.24) is 5.32 Å². The molecule has 1 rings (SSSR count). The Bertz CT molecular complexity index is 646. The number of nitrogens with one attached hydrogen (secondary N) is 1. The number of carboxylic acids is 1. The summed E-state index contributed by atoms with van der Waals surface area (Å²) < 4.78 is 10.4. The zero-order chi connectivity index (χ0) is 20.6. The lowest BCUT2D eigenvalue weighted by Gasteiger charge is -2.23. The maximum absolute atomic E-state index is 12.1. The lowest BCUT2D eigenvalue weighted by atomic mass is 9.96. The van der Waals surface area contributed by atoms with E-state index in [0.29, 0.717) is 5.02 Å². The van der Waals surface area contributed by atoms with Crippen LogP contribution in [0.15, 0.2) is 24.3 Å². The third-order valence-corrected chi connectivity index (χ3v) is 3.98. The van der Waals surface area contributed by atoms with E-state index in [0.717, 1.165) is 5.56 Å². The van der Waals surface area contributed by atoms with Crippen LogP contribution in [0.25, 0.3) is 0 Å². The molecule has 8 nitrogen and oxygen atoms in total. The van der Waals surface area contributed by atoms with Crippen LogP contribution in [0.2, 0.25) is 5.02 Å². The monoisotopic (exact) mass is 417 g/mol. The van der Waals surface area contributed by atoms with Gasteiger partial charge in [0.2, 0.25) is 0 Å². The molecule has 0 aliphatic carbocycles. The Morgan fingerprint density at radius 2 is 1.64 bits per heavy atom. The summed E-state index contributed by atoms with van der Waals surface area (Å²) in [7, 11) is 0. The average molecular weight is 418 g/mol. The van der Waals surface area contributed by atoms with E-state index in [1.165, 1.54) is 0 Å². The van der Waals surface area contributed by atoms with Gasteiger partial charge in [0, 0.05) is 23.4 Å². The van der Waals surface area contributed by atoms with Crippen LogP contribution in [-0.4, -0.2) is 41.4 Å². The lowest BCUT2D eigenvalue weighted by molar-refractivity contribution is -0.178. The molecule has 0 radical (unpaired) electrons. The summed E-state index contributed by atoms with van der Waals surface area (Å²) in [6.45, 7) is 6.93. The number of alkyl carbamates (subject to hydrolysis) is 1. The van der Waals surface area contributed by atoms with Crippen LogP contribution < -0.4 is 5.32 Å². The molecule has 9 heteroatoms. The minimum absolute atomic E-state index is 0. The van der Waals surface area contributed by atoms with Crippen molar-refractivity contribution in [2.75, 3.05) is 6.54 Å². The fourth-order valence-corrected chi connectivity index (χ4v) is 2.28. The third kappa shape index (κ3) is 9.05. The summed E-state index contributed by atoms with van der Waals surface area (Å²) in [6, 6.07) is 6.74. The van der Waals surface area contributed by atoms with Crippen molar-refractivity contribution in [2.24, 2.45) is 11.8 Å². The maximum atomic E-state index is 12.1. The first-order chi connectivity index (χ1) is 12.6. The van der Waals surface area contributed by atoms with Crippen LogP contribution in [0.5, 0.6) is 0 Å². The topological polar surface area (TPSA) is 133 Å². The number of carboxylic acid groups (broad SMARTS) is 1. The van der Waals surface area contributed by atoms with Crippen LogP contribution in [-0.2, 0) is 19.1 Å². The molecule has 1 aromatic carbocycles. The summed E-state index contributed by atoms with van der Waals surface area (Å²) in [5.41, 5.74) is 0.730. The molecule has 0 aromatic heterocycles. The number of carbonyl (C=O) groups is 3.